The van der Waals surface area contributed by atoms with Crippen molar-refractivity contribution in [2.75, 3.05) is 19.0 Å². The van der Waals surface area contributed by atoms with Gasteiger partial charge in [-0.3, -0.25) is 4.39 Å². The molecule has 7 nitrogen and oxygen atoms in total. The van der Waals surface area contributed by atoms with E-state index in [9.17, 15) is 17.6 Å². The summed E-state index contributed by atoms with van der Waals surface area (Å²) in [7, 11) is 0.500. The standard InChI is InChI=1S/C15H12F3N7.CH3F/c16-15(17,18)3-4-19-14-21-6-11-10(5-20-13(11)24-14)9-1-2-12-22-8-23-25(12)7-9;1-2/h1-2,5-8H,3-4H2,(H2,19,20,21,24);1H3. The molecule has 0 atom stereocenters. The number of aromatic amines is 1. The number of anilines is 1. The molecule has 27 heavy (non-hydrogen) atoms. The molecule has 11 heteroatoms. The quantitative estimate of drug-likeness (QED) is 0.528. The molecule has 4 heterocycles. The fraction of sp³-hybridized carbons (Fsp3) is 0.250. The molecule has 0 radical (unpaired) electrons. The largest absolute Gasteiger partial charge is 0.390 e. The van der Waals surface area contributed by atoms with E-state index in [0.717, 1.165) is 22.2 Å². The molecule has 2 N–H and O–H groups in total. The first-order valence-corrected chi connectivity index (χ1v) is 7.82. The summed E-state index contributed by atoms with van der Waals surface area (Å²) in [6, 6.07) is 3.75. The first-order chi connectivity index (χ1) is 13.0. The molecule has 0 unspecified atom stereocenters. The van der Waals surface area contributed by atoms with E-state index in [4.69, 9.17) is 0 Å². The Hall–Kier alpha value is -3.24. The minimum Gasteiger partial charge on any atom is -0.354 e. The minimum atomic E-state index is -4.21. The van der Waals surface area contributed by atoms with Crippen molar-refractivity contribution in [2.24, 2.45) is 0 Å². The molecule has 0 aliphatic rings. The average molecular weight is 381 g/mol. The van der Waals surface area contributed by atoms with Crippen LogP contribution in [0.5, 0.6) is 0 Å². The maximum Gasteiger partial charge on any atom is 0.390 e. The Morgan fingerprint density at radius 2 is 2.00 bits per heavy atom. The summed E-state index contributed by atoms with van der Waals surface area (Å²) in [6.45, 7) is -0.272. The molecule has 0 fully saturated rings. The van der Waals surface area contributed by atoms with Gasteiger partial charge in [-0.1, -0.05) is 0 Å². The van der Waals surface area contributed by atoms with Crippen LogP contribution in [-0.2, 0) is 0 Å². The van der Waals surface area contributed by atoms with Crippen molar-refractivity contribution in [3.8, 4) is 11.1 Å². The van der Waals surface area contributed by atoms with Crippen molar-refractivity contribution in [3.05, 3.63) is 37.1 Å². The molecular formula is C16H15F4N7. The maximum absolute atomic E-state index is 12.2. The van der Waals surface area contributed by atoms with Crippen LogP contribution in [-0.4, -0.2) is 49.4 Å². The highest BCUT2D eigenvalue weighted by Crippen LogP contribution is 2.28. The summed E-state index contributed by atoms with van der Waals surface area (Å²) < 4.78 is 47.7. The van der Waals surface area contributed by atoms with E-state index in [-0.39, 0.29) is 12.5 Å². The van der Waals surface area contributed by atoms with Gasteiger partial charge in [-0.05, 0) is 12.1 Å². The van der Waals surface area contributed by atoms with Crippen LogP contribution in [0.15, 0.2) is 37.1 Å². The molecule has 4 aromatic heterocycles. The molecule has 4 rings (SSSR count). The minimum absolute atomic E-state index is 0.150. The molecule has 142 valence electrons. The zero-order valence-corrected chi connectivity index (χ0v) is 14.1. The van der Waals surface area contributed by atoms with E-state index in [1.54, 1.807) is 16.9 Å². The molecular weight excluding hydrogens is 366 g/mol. The number of rotatable bonds is 4. The van der Waals surface area contributed by atoms with Crippen LogP contribution in [0.25, 0.3) is 27.8 Å². The van der Waals surface area contributed by atoms with Gasteiger partial charge in [0.1, 0.15) is 12.0 Å². The molecule has 0 aromatic carbocycles. The highest BCUT2D eigenvalue weighted by molar-refractivity contribution is 5.93. The second-order valence-electron chi connectivity index (χ2n) is 5.43. The molecule has 0 saturated heterocycles. The number of fused-ring (bicyclic) bond motifs is 2. The van der Waals surface area contributed by atoms with Crippen LogP contribution in [0.2, 0.25) is 0 Å². The highest BCUT2D eigenvalue weighted by Gasteiger charge is 2.26. The van der Waals surface area contributed by atoms with Gasteiger partial charge < -0.3 is 10.3 Å². The number of hydrogen-bond donors (Lipinski definition) is 2. The van der Waals surface area contributed by atoms with E-state index in [1.165, 1.54) is 6.33 Å². The third-order valence-electron chi connectivity index (χ3n) is 3.71. The lowest BCUT2D eigenvalue weighted by atomic mass is 10.1. The number of halogens is 4. The normalized spacial score (nSPS) is 11.4. The lowest BCUT2D eigenvalue weighted by molar-refractivity contribution is -0.131. The third kappa shape index (κ3) is 4.13. The summed E-state index contributed by atoms with van der Waals surface area (Å²) in [5, 5.41) is 7.44. The van der Waals surface area contributed by atoms with Crippen molar-refractivity contribution in [3.63, 3.8) is 0 Å². The smallest absolute Gasteiger partial charge is 0.354 e. The number of nitrogens with zero attached hydrogens (tertiary/aromatic N) is 5. The number of pyridine rings is 1. The van der Waals surface area contributed by atoms with Gasteiger partial charge in [-0.25, -0.2) is 14.5 Å². The zero-order valence-electron chi connectivity index (χ0n) is 14.1. The molecule has 0 amide bonds. The van der Waals surface area contributed by atoms with Crippen molar-refractivity contribution in [1.82, 2.24) is 29.5 Å². The Balaban J connectivity index is 0.00000102. The Labute approximate surface area is 150 Å². The zero-order chi connectivity index (χ0) is 19.4. The van der Waals surface area contributed by atoms with Gasteiger partial charge in [0.15, 0.2) is 5.65 Å². The Kier molecular flexibility index (Phi) is 5.19. The van der Waals surface area contributed by atoms with Crippen LogP contribution in [0, 0.1) is 0 Å². The van der Waals surface area contributed by atoms with Gasteiger partial charge in [-0.15, -0.1) is 0 Å². The van der Waals surface area contributed by atoms with Gasteiger partial charge >= 0.3 is 6.18 Å². The number of alkyl halides is 4. The molecule has 0 saturated carbocycles. The predicted octanol–water partition coefficient (Wildman–Crippen LogP) is 3.62. The number of nitrogens with one attached hydrogen (secondary N) is 2. The summed E-state index contributed by atoms with van der Waals surface area (Å²) in [4.78, 5) is 15.4. The molecule has 0 spiro atoms. The van der Waals surface area contributed by atoms with Crippen molar-refractivity contribution in [1.29, 1.82) is 0 Å². The van der Waals surface area contributed by atoms with E-state index in [1.807, 2.05) is 18.3 Å². The first-order valence-electron chi connectivity index (χ1n) is 7.82. The lowest BCUT2D eigenvalue weighted by Gasteiger charge is -2.07. The summed E-state index contributed by atoms with van der Waals surface area (Å²) in [6.07, 6.45) is 1.50. The van der Waals surface area contributed by atoms with E-state index in [2.05, 4.69) is 30.4 Å². The molecule has 0 aliphatic carbocycles. The van der Waals surface area contributed by atoms with E-state index >= 15 is 0 Å². The Bertz CT molecular complexity index is 1040. The summed E-state index contributed by atoms with van der Waals surface area (Å²) >= 11 is 0. The highest BCUT2D eigenvalue weighted by atomic mass is 19.4. The molecule has 0 aliphatic heterocycles. The number of H-pyrrole nitrogens is 1. The summed E-state index contributed by atoms with van der Waals surface area (Å²) in [5.74, 6) is 0.150. The average Bonchev–Trinajstić information content (AvgIpc) is 3.28. The summed E-state index contributed by atoms with van der Waals surface area (Å²) in [5.41, 5.74) is 3.04. The number of hydrogen-bond acceptors (Lipinski definition) is 5. The first kappa shape index (κ1) is 18.5. The fourth-order valence-electron chi connectivity index (χ4n) is 2.52. The predicted molar refractivity (Wildman–Crippen MR) is 92.1 cm³/mol. The second-order valence-corrected chi connectivity index (χ2v) is 5.43. The van der Waals surface area contributed by atoms with Gasteiger partial charge in [0.05, 0.1) is 13.6 Å². The van der Waals surface area contributed by atoms with Crippen LogP contribution >= 0.6 is 0 Å². The third-order valence-corrected chi connectivity index (χ3v) is 3.71. The monoisotopic (exact) mass is 381 g/mol. The molecule has 0 bridgehead atoms. The van der Waals surface area contributed by atoms with Crippen LogP contribution in [0.4, 0.5) is 23.5 Å². The van der Waals surface area contributed by atoms with Gasteiger partial charge in [0, 0.05) is 41.6 Å². The Morgan fingerprint density at radius 3 is 2.78 bits per heavy atom. The fourth-order valence-corrected chi connectivity index (χ4v) is 2.52. The van der Waals surface area contributed by atoms with Gasteiger partial charge in [0.25, 0.3) is 0 Å². The topological polar surface area (TPSA) is 83.8 Å². The van der Waals surface area contributed by atoms with E-state index in [0.29, 0.717) is 12.8 Å². The second kappa shape index (κ2) is 7.56. The number of aromatic nitrogens is 6. The maximum atomic E-state index is 12.2. The van der Waals surface area contributed by atoms with Crippen LogP contribution < -0.4 is 5.32 Å². The lowest BCUT2D eigenvalue weighted by Crippen LogP contribution is -2.15. The van der Waals surface area contributed by atoms with Gasteiger partial charge in [0.2, 0.25) is 5.95 Å². The van der Waals surface area contributed by atoms with Crippen molar-refractivity contribution < 1.29 is 17.6 Å². The van der Waals surface area contributed by atoms with Crippen LogP contribution in [0.3, 0.4) is 0 Å². The molecule has 4 aromatic rings. The van der Waals surface area contributed by atoms with E-state index < -0.39 is 12.6 Å². The Morgan fingerprint density at radius 1 is 1.19 bits per heavy atom. The van der Waals surface area contributed by atoms with Gasteiger partial charge in [-0.2, -0.15) is 23.3 Å². The van der Waals surface area contributed by atoms with Crippen LogP contribution in [0.1, 0.15) is 6.42 Å². The van der Waals surface area contributed by atoms with Crippen molar-refractivity contribution >= 4 is 22.6 Å². The SMILES string of the molecule is CF.FC(F)(F)CCNc1ncc2c(-c3ccc4ncnn4c3)c[nH]c2n1. The van der Waals surface area contributed by atoms with Crippen molar-refractivity contribution in [2.45, 2.75) is 12.6 Å².